The third kappa shape index (κ3) is 2.79. The van der Waals surface area contributed by atoms with Gasteiger partial charge in [-0.1, -0.05) is 42.5 Å². The molecule has 0 saturated heterocycles. The summed E-state index contributed by atoms with van der Waals surface area (Å²) < 4.78 is 6.07. The van der Waals surface area contributed by atoms with Crippen LogP contribution in [0.1, 0.15) is 18.6 Å². The van der Waals surface area contributed by atoms with Crippen LogP contribution in [0.2, 0.25) is 0 Å². The molecule has 4 nitrogen and oxygen atoms in total. The minimum atomic E-state index is -0.0748. The Hall–Kier alpha value is -2.62. The first-order chi connectivity index (χ1) is 10.3. The first kappa shape index (κ1) is 13.4. The van der Waals surface area contributed by atoms with Crippen LogP contribution in [0.5, 0.6) is 5.88 Å². The number of nitrogens with one attached hydrogen (secondary N) is 1. The minimum absolute atomic E-state index is 0.0748. The number of benzene rings is 2. The molecule has 1 aromatic heterocycles. The van der Waals surface area contributed by atoms with Gasteiger partial charge in [-0.2, -0.15) is 4.98 Å². The highest BCUT2D eigenvalue weighted by molar-refractivity contribution is 5.84. The van der Waals surface area contributed by atoms with Gasteiger partial charge in [0, 0.05) is 7.05 Å². The van der Waals surface area contributed by atoms with E-state index in [4.69, 9.17) is 4.74 Å². The SMILES string of the molecule is CNc1nc(OC(C)c2ccccc2)c2ccccc2n1. The topological polar surface area (TPSA) is 47.0 Å². The lowest BCUT2D eigenvalue weighted by atomic mass is 10.1. The van der Waals surface area contributed by atoms with Crippen LogP contribution in [0.15, 0.2) is 54.6 Å². The Morgan fingerprint density at radius 3 is 2.43 bits per heavy atom. The molecule has 1 atom stereocenters. The number of nitrogens with zero attached hydrogens (tertiary/aromatic N) is 2. The van der Waals surface area contributed by atoms with Crippen molar-refractivity contribution in [3.8, 4) is 5.88 Å². The van der Waals surface area contributed by atoms with Crippen LogP contribution in [0.25, 0.3) is 10.9 Å². The van der Waals surface area contributed by atoms with Gasteiger partial charge in [-0.15, -0.1) is 0 Å². The molecule has 0 bridgehead atoms. The summed E-state index contributed by atoms with van der Waals surface area (Å²) in [5, 5.41) is 3.89. The third-order valence-electron chi connectivity index (χ3n) is 3.35. The molecule has 1 unspecified atom stereocenters. The van der Waals surface area contributed by atoms with Crippen LogP contribution in [-0.4, -0.2) is 17.0 Å². The fourth-order valence-electron chi connectivity index (χ4n) is 2.21. The van der Waals surface area contributed by atoms with Crippen LogP contribution >= 0.6 is 0 Å². The fourth-order valence-corrected chi connectivity index (χ4v) is 2.21. The monoisotopic (exact) mass is 279 g/mol. The van der Waals surface area contributed by atoms with E-state index >= 15 is 0 Å². The molecule has 0 radical (unpaired) electrons. The molecule has 106 valence electrons. The molecule has 1 heterocycles. The molecule has 0 amide bonds. The first-order valence-electron chi connectivity index (χ1n) is 6.94. The smallest absolute Gasteiger partial charge is 0.226 e. The van der Waals surface area contributed by atoms with Gasteiger partial charge in [0.1, 0.15) is 6.10 Å². The number of para-hydroxylation sites is 1. The number of fused-ring (bicyclic) bond motifs is 1. The van der Waals surface area contributed by atoms with Crippen molar-refractivity contribution in [2.75, 3.05) is 12.4 Å². The standard InChI is InChI=1S/C17H17N3O/c1-12(13-8-4-3-5-9-13)21-16-14-10-6-7-11-15(14)19-17(18-2)20-16/h3-12H,1-2H3,(H,18,19,20). The van der Waals surface area contributed by atoms with E-state index in [1.54, 1.807) is 7.05 Å². The Bertz CT molecular complexity index is 743. The van der Waals surface area contributed by atoms with E-state index in [9.17, 15) is 0 Å². The van der Waals surface area contributed by atoms with E-state index in [0.717, 1.165) is 16.5 Å². The summed E-state index contributed by atoms with van der Waals surface area (Å²) in [6.45, 7) is 2.02. The predicted octanol–water partition coefficient (Wildman–Crippen LogP) is 3.81. The quantitative estimate of drug-likeness (QED) is 0.789. The summed E-state index contributed by atoms with van der Waals surface area (Å²) in [4.78, 5) is 8.87. The van der Waals surface area contributed by atoms with Crippen molar-refractivity contribution in [2.45, 2.75) is 13.0 Å². The zero-order chi connectivity index (χ0) is 14.7. The van der Waals surface area contributed by atoms with Crippen LogP contribution in [-0.2, 0) is 0 Å². The van der Waals surface area contributed by atoms with Crippen molar-refractivity contribution in [1.82, 2.24) is 9.97 Å². The molecule has 21 heavy (non-hydrogen) atoms. The number of ether oxygens (including phenoxy) is 1. The molecule has 4 heteroatoms. The average molecular weight is 279 g/mol. The number of hydrogen-bond donors (Lipinski definition) is 1. The van der Waals surface area contributed by atoms with Crippen LogP contribution < -0.4 is 10.1 Å². The Morgan fingerprint density at radius 2 is 1.67 bits per heavy atom. The lowest BCUT2D eigenvalue weighted by molar-refractivity contribution is 0.221. The molecule has 3 aromatic rings. The Balaban J connectivity index is 1.99. The molecule has 0 spiro atoms. The second-order valence-electron chi connectivity index (χ2n) is 4.79. The summed E-state index contributed by atoms with van der Waals surface area (Å²) in [6.07, 6.45) is -0.0748. The summed E-state index contributed by atoms with van der Waals surface area (Å²) in [5.74, 6) is 1.16. The summed E-state index contributed by atoms with van der Waals surface area (Å²) in [6, 6.07) is 18.0. The van der Waals surface area contributed by atoms with E-state index in [1.165, 1.54) is 0 Å². The van der Waals surface area contributed by atoms with E-state index in [0.29, 0.717) is 11.8 Å². The normalized spacial score (nSPS) is 12.1. The molecule has 0 aliphatic rings. The highest BCUT2D eigenvalue weighted by atomic mass is 16.5. The highest BCUT2D eigenvalue weighted by Gasteiger charge is 2.12. The third-order valence-corrected chi connectivity index (χ3v) is 3.35. The van der Waals surface area contributed by atoms with Crippen LogP contribution in [0.4, 0.5) is 5.95 Å². The van der Waals surface area contributed by atoms with Crippen molar-refractivity contribution >= 4 is 16.9 Å². The van der Waals surface area contributed by atoms with Gasteiger partial charge in [0.15, 0.2) is 0 Å². The minimum Gasteiger partial charge on any atom is -0.469 e. The van der Waals surface area contributed by atoms with Crippen molar-refractivity contribution in [3.63, 3.8) is 0 Å². The lowest BCUT2D eigenvalue weighted by Crippen LogP contribution is -2.06. The maximum absolute atomic E-state index is 6.07. The van der Waals surface area contributed by atoms with E-state index in [-0.39, 0.29) is 6.10 Å². The fraction of sp³-hybridized carbons (Fsp3) is 0.176. The number of aromatic nitrogens is 2. The van der Waals surface area contributed by atoms with E-state index in [1.807, 2.05) is 61.5 Å². The van der Waals surface area contributed by atoms with Crippen LogP contribution in [0.3, 0.4) is 0 Å². The van der Waals surface area contributed by atoms with E-state index in [2.05, 4.69) is 15.3 Å². The maximum atomic E-state index is 6.07. The van der Waals surface area contributed by atoms with Gasteiger partial charge >= 0.3 is 0 Å². The molecule has 2 aromatic carbocycles. The molecular formula is C17H17N3O. The maximum Gasteiger partial charge on any atom is 0.226 e. The van der Waals surface area contributed by atoms with E-state index < -0.39 is 0 Å². The zero-order valence-corrected chi connectivity index (χ0v) is 12.1. The number of hydrogen-bond acceptors (Lipinski definition) is 4. The van der Waals surface area contributed by atoms with Gasteiger partial charge in [0.05, 0.1) is 10.9 Å². The van der Waals surface area contributed by atoms with Crippen molar-refractivity contribution in [3.05, 3.63) is 60.2 Å². The second kappa shape index (κ2) is 5.79. The molecule has 1 N–H and O–H groups in total. The molecule has 0 aliphatic carbocycles. The van der Waals surface area contributed by atoms with Gasteiger partial charge < -0.3 is 10.1 Å². The lowest BCUT2D eigenvalue weighted by Gasteiger charge is -2.16. The van der Waals surface area contributed by atoms with Crippen molar-refractivity contribution in [1.29, 1.82) is 0 Å². The second-order valence-corrected chi connectivity index (χ2v) is 4.79. The van der Waals surface area contributed by atoms with Crippen LogP contribution in [0, 0.1) is 0 Å². The van der Waals surface area contributed by atoms with Crippen molar-refractivity contribution in [2.24, 2.45) is 0 Å². The van der Waals surface area contributed by atoms with Gasteiger partial charge in [0.25, 0.3) is 0 Å². The predicted molar refractivity (Wildman–Crippen MR) is 84.6 cm³/mol. The van der Waals surface area contributed by atoms with Gasteiger partial charge in [-0.05, 0) is 24.6 Å². The summed E-state index contributed by atoms with van der Waals surface area (Å²) in [5.41, 5.74) is 1.98. The Labute approximate surface area is 123 Å². The molecule has 0 fully saturated rings. The highest BCUT2D eigenvalue weighted by Crippen LogP contribution is 2.28. The molecule has 0 aliphatic heterocycles. The molecule has 0 saturated carbocycles. The zero-order valence-electron chi connectivity index (χ0n) is 12.1. The number of rotatable bonds is 4. The van der Waals surface area contributed by atoms with Gasteiger partial charge in [-0.3, -0.25) is 0 Å². The Morgan fingerprint density at radius 1 is 0.952 bits per heavy atom. The Kier molecular flexibility index (Phi) is 3.69. The number of anilines is 1. The molecular weight excluding hydrogens is 262 g/mol. The summed E-state index contributed by atoms with van der Waals surface area (Å²) in [7, 11) is 1.80. The average Bonchev–Trinajstić information content (AvgIpc) is 2.55. The molecule has 3 rings (SSSR count). The largest absolute Gasteiger partial charge is 0.469 e. The first-order valence-corrected chi connectivity index (χ1v) is 6.94. The summed E-state index contributed by atoms with van der Waals surface area (Å²) >= 11 is 0. The van der Waals surface area contributed by atoms with Gasteiger partial charge in [-0.25, -0.2) is 4.98 Å². The van der Waals surface area contributed by atoms with Gasteiger partial charge in [0.2, 0.25) is 11.8 Å². The van der Waals surface area contributed by atoms with Crippen molar-refractivity contribution < 1.29 is 4.74 Å².